The summed E-state index contributed by atoms with van der Waals surface area (Å²) >= 11 is 0. The molecule has 0 aliphatic carbocycles. The van der Waals surface area contributed by atoms with Gasteiger partial charge in [-0.25, -0.2) is 0 Å². The quantitative estimate of drug-likeness (QED) is 0.542. The average Bonchev–Trinajstić information content (AvgIpc) is 2.34. The van der Waals surface area contributed by atoms with E-state index in [4.69, 9.17) is 4.79 Å². The highest BCUT2D eigenvalue weighted by Crippen LogP contribution is 1.92. The van der Waals surface area contributed by atoms with E-state index in [1.54, 1.807) is 0 Å². The predicted molar refractivity (Wildman–Crippen MR) is 67.2 cm³/mol. The maximum Gasteiger partial charge on any atom is 0.292 e. The van der Waals surface area contributed by atoms with Crippen molar-refractivity contribution >= 4 is 6.47 Å². The van der Waals surface area contributed by atoms with Crippen LogP contribution in [0, 0.1) is 6.92 Å². The van der Waals surface area contributed by atoms with Crippen LogP contribution in [0.1, 0.15) is 12.5 Å². The normalized spacial score (nSPS) is 6.50. The molecule has 1 aromatic rings. The number of benzene rings is 1. The van der Waals surface area contributed by atoms with Gasteiger partial charge in [-0.1, -0.05) is 35.9 Å². The van der Waals surface area contributed by atoms with Gasteiger partial charge in [-0.15, -0.1) is 13.2 Å². The molecule has 2 nitrogen and oxygen atoms in total. The van der Waals surface area contributed by atoms with Crippen LogP contribution < -0.4 is 0 Å². The third-order valence-electron chi connectivity index (χ3n) is 1.04. The van der Waals surface area contributed by atoms with E-state index in [1.165, 1.54) is 19.6 Å². The van der Waals surface area contributed by atoms with Gasteiger partial charge in [-0.2, -0.15) is 0 Å². The van der Waals surface area contributed by atoms with Crippen LogP contribution in [0.5, 0.6) is 0 Å². The van der Waals surface area contributed by atoms with Crippen LogP contribution in [0.15, 0.2) is 43.5 Å². The van der Waals surface area contributed by atoms with Crippen molar-refractivity contribution in [3.63, 3.8) is 0 Å². The molecule has 0 radical (unpaired) electrons. The first-order valence-corrected chi connectivity index (χ1v) is 4.76. The number of halogens is 1. The Kier molecular flexibility index (Phi) is 28.9. The number of aryl methyl sites for hydroxylation is 1. The van der Waals surface area contributed by atoms with Crippen molar-refractivity contribution in [2.45, 2.75) is 13.8 Å². The van der Waals surface area contributed by atoms with Crippen LogP contribution in [-0.4, -0.2) is 20.3 Å². The number of ether oxygens (including phenoxy) is 1. The molecule has 0 N–H and O–H groups in total. The lowest BCUT2D eigenvalue weighted by Gasteiger charge is -1.82. The maximum absolute atomic E-state index is 10.3. The summed E-state index contributed by atoms with van der Waals surface area (Å²) in [6, 6.07) is 10.3. The second-order valence-corrected chi connectivity index (χ2v) is 2.25. The van der Waals surface area contributed by atoms with Crippen molar-refractivity contribution in [1.29, 1.82) is 0 Å². The monoisotopic (exact) mass is 228 g/mol. The van der Waals surface area contributed by atoms with Crippen LogP contribution in [0.25, 0.3) is 0 Å². The molecule has 0 bridgehead atoms. The largest absolute Gasteiger partial charge is 0.471 e. The molecule has 0 heterocycles. The molecular formula is C13H21FO2. The molecule has 0 spiro atoms. The van der Waals surface area contributed by atoms with Gasteiger partial charge in [-0.05, 0) is 13.8 Å². The Morgan fingerprint density at radius 2 is 1.62 bits per heavy atom. The number of methoxy groups -OCH3 is 1. The van der Waals surface area contributed by atoms with E-state index in [-0.39, 0.29) is 6.67 Å². The van der Waals surface area contributed by atoms with Crippen molar-refractivity contribution < 1.29 is 13.9 Å². The van der Waals surface area contributed by atoms with Crippen LogP contribution in [0.4, 0.5) is 4.39 Å². The summed E-state index contributed by atoms with van der Waals surface area (Å²) in [5, 5.41) is 0. The molecule has 1 aromatic carbocycles. The molecule has 0 fully saturated rings. The molecule has 0 aliphatic rings. The highest BCUT2D eigenvalue weighted by Gasteiger charge is 1.72. The number of hydrogen-bond donors (Lipinski definition) is 0. The summed E-state index contributed by atoms with van der Waals surface area (Å²) in [6.07, 6.45) is 0. The van der Waals surface area contributed by atoms with Crippen molar-refractivity contribution in [3.05, 3.63) is 49.1 Å². The number of rotatable bonds is 1. The smallest absolute Gasteiger partial charge is 0.292 e. The molecular weight excluding hydrogens is 207 g/mol. The predicted octanol–water partition coefficient (Wildman–Crippen LogP) is 3.56. The summed E-state index contributed by atoms with van der Waals surface area (Å²) in [7, 11) is 1.31. The van der Waals surface area contributed by atoms with Crippen LogP contribution in [0.3, 0.4) is 0 Å². The molecule has 0 amide bonds. The van der Waals surface area contributed by atoms with E-state index in [2.05, 4.69) is 37.0 Å². The van der Waals surface area contributed by atoms with E-state index in [9.17, 15) is 4.39 Å². The van der Waals surface area contributed by atoms with Gasteiger partial charge in [0.05, 0.1) is 13.8 Å². The minimum absolute atomic E-state index is 0.250. The molecule has 0 atom stereocenters. The average molecular weight is 228 g/mol. The van der Waals surface area contributed by atoms with Gasteiger partial charge in [0, 0.05) is 0 Å². The Morgan fingerprint density at radius 3 is 1.75 bits per heavy atom. The molecule has 0 saturated carbocycles. The fourth-order valence-corrected chi connectivity index (χ4v) is 0.534. The highest BCUT2D eigenvalue weighted by atomic mass is 19.1. The SMILES string of the molecule is C=C.CCF.COC=O.Cc1ccccc1. The summed E-state index contributed by atoms with van der Waals surface area (Å²) in [5.41, 5.74) is 1.32. The minimum atomic E-state index is -0.250. The molecule has 16 heavy (non-hydrogen) atoms. The van der Waals surface area contributed by atoms with E-state index in [0.29, 0.717) is 6.47 Å². The number of carbonyl (C=O) groups is 1. The molecule has 1 rings (SSSR count). The van der Waals surface area contributed by atoms with Crippen molar-refractivity contribution in [3.8, 4) is 0 Å². The molecule has 92 valence electrons. The summed E-state index contributed by atoms with van der Waals surface area (Å²) in [5.74, 6) is 0. The Labute approximate surface area is 97.8 Å². The zero-order valence-electron chi connectivity index (χ0n) is 10.3. The Bertz CT molecular complexity index is 212. The van der Waals surface area contributed by atoms with E-state index in [1.807, 2.05) is 18.2 Å². The first-order chi connectivity index (χ1) is 7.72. The van der Waals surface area contributed by atoms with E-state index < -0.39 is 0 Å². The molecule has 3 heteroatoms. The lowest BCUT2D eigenvalue weighted by atomic mass is 10.2. The summed E-state index contributed by atoms with van der Waals surface area (Å²) in [6.45, 7) is 9.67. The fraction of sp³-hybridized carbons (Fsp3) is 0.308. The second-order valence-electron chi connectivity index (χ2n) is 2.25. The van der Waals surface area contributed by atoms with Gasteiger partial charge < -0.3 is 4.74 Å². The van der Waals surface area contributed by atoms with Crippen molar-refractivity contribution in [2.24, 2.45) is 0 Å². The Morgan fingerprint density at radius 1 is 1.31 bits per heavy atom. The molecule has 0 unspecified atom stereocenters. The fourth-order valence-electron chi connectivity index (χ4n) is 0.534. The van der Waals surface area contributed by atoms with Crippen LogP contribution in [0.2, 0.25) is 0 Å². The van der Waals surface area contributed by atoms with Crippen LogP contribution >= 0.6 is 0 Å². The summed E-state index contributed by atoms with van der Waals surface area (Å²) < 4.78 is 14.2. The zero-order valence-corrected chi connectivity index (χ0v) is 10.3. The Balaban J connectivity index is -0.000000163. The summed E-state index contributed by atoms with van der Waals surface area (Å²) in [4.78, 5) is 8.95. The van der Waals surface area contributed by atoms with Gasteiger partial charge >= 0.3 is 0 Å². The topological polar surface area (TPSA) is 26.3 Å². The second kappa shape index (κ2) is 23.3. The van der Waals surface area contributed by atoms with Gasteiger partial charge in [0.1, 0.15) is 0 Å². The number of alkyl halides is 1. The molecule has 0 aromatic heterocycles. The van der Waals surface area contributed by atoms with E-state index >= 15 is 0 Å². The standard InChI is InChI=1S/C7H8.C2H5F.C2H4O2.C2H4/c1-7-5-3-2-4-6-7;1-2-3;1-4-2-3;1-2/h2-6H,1H3;2H2,1H3;2H,1H3;1-2H2. The van der Waals surface area contributed by atoms with Gasteiger partial charge in [0.2, 0.25) is 0 Å². The lowest BCUT2D eigenvalue weighted by Crippen LogP contribution is -1.68. The third kappa shape index (κ3) is 29.4. The van der Waals surface area contributed by atoms with Gasteiger partial charge in [0.15, 0.2) is 0 Å². The van der Waals surface area contributed by atoms with Gasteiger partial charge in [-0.3, -0.25) is 9.18 Å². The van der Waals surface area contributed by atoms with Crippen LogP contribution in [-0.2, 0) is 9.53 Å². The molecule has 0 aliphatic heterocycles. The number of hydrogen-bond acceptors (Lipinski definition) is 2. The first kappa shape index (κ1) is 19.9. The minimum Gasteiger partial charge on any atom is -0.471 e. The maximum atomic E-state index is 10.3. The Hall–Kier alpha value is -1.64. The molecule has 0 saturated heterocycles. The van der Waals surface area contributed by atoms with Crippen molar-refractivity contribution in [2.75, 3.05) is 13.8 Å². The highest BCUT2D eigenvalue weighted by molar-refractivity contribution is 5.36. The number of carbonyl (C=O) groups excluding carboxylic acids is 1. The van der Waals surface area contributed by atoms with Gasteiger partial charge in [0.25, 0.3) is 6.47 Å². The zero-order chi connectivity index (χ0) is 13.2. The first-order valence-electron chi connectivity index (χ1n) is 4.76. The van der Waals surface area contributed by atoms with Crippen molar-refractivity contribution in [1.82, 2.24) is 0 Å². The van der Waals surface area contributed by atoms with E-state index in [0.717, 1.165) is 0 Å². The lowest BCUT2D eigenvalue weighted by molar-refractivity contribution is -0.126. The third-order valence-corrected chi connectivity index (χ3v) is 1.04.